The molecule has 0 amide bonds. The summed E-state index contributed by atoms with van der Waals surface area (Å²) in [5.41, 5.74) is 2.20. The van der Waals surface area contributed by atoms with E-state index in [1.165, 1.54) is 0 Å². The van der Waals surface area contributed by atoms with Crippen LogP contribution in [0.3, 0.4) is 0 Å². The molecule has 0 spiro atoms. The summed E-state index contributed by atoms with van der Waals surface area (Å²) >= 11 is 0. The molecule has 106 valence electrons. The van der Waals surface area contributed by atoms with E-state index in [0.29, 0.717) is 6.61 Å². The third-order valence-electron chi connectivity index (χ3n) is 2.99. The van der Waals surface area contributed by atoms with E-state index in [1.807, 2.05) is 38.4 Å². The van der Waals surface area contributed by atoms with Gasteiger partial charge in [0, 0.05) is 12.4 Å². The fourth-order valence-electron chi connectivity index (χ4n) is 2.04. The standard InChI is InChI=1S/C16H21N3O/c1-4-17-15(16-18-10-12(3)11-19-16)13-6-8-14(9-7-13)20-5-2/h6-11,15,17H,4-5H2,1-3H3. The van der Waals surface area contributed by atoms with E-state index in [1.54, 1.807) is 0 Å². The van der Waals surface area contributed by atoms with Crippen LogP contribution in [0.15, 0.2) is 36.7 Å². The molecule has 4 nitrogen and oxygen atoms in total. The lowest BCUT2D eigenvalue weighted by Crippen LogP contribution is -2.24. The van der Waals surface area contributed by atoms with E-state index < -0.39 is 0 Å². The number of hydrogen-bond donors (Lipinski definition) is 1. The zero-order valence-electron chi connectivity index (χ0n) is 12.3. The maximum atomic E-state index is 5.47. The molecule has 0 aliphatic carbocycles. The molecular formula is C16H21N3O. The highest BCUT2D eigenvalue weighted by Crippen LogP contribution is 2.21. The van der Waals surface area contributed by atoms with Crippen LogP contribution in [0, 0.1) is 6.92 Å². The summed E-state index contributed by atoms with van der Waals surface area (Å²) in [6.45, 7) is 7.58. The molecule has 2 aromatic rings. The molecule has 1 unspecified atom stereocenters. The molecule has 1 heterocycles. The van der Waals surface area contributed by atoms with Crippen molar-refractivity contribution in [3.63, 3.8) is 0 Å². The summed E-state index contributed by atoms with van der Waals surface area (Å²) in [6.07, 6.45) is 3.70. The Bertz CT molecular complexity index is 522. The Kier molecular flexibility index (Phi) is 5.07. The van der Waals surface area contributed by atoms with Gasteiger partial charge in [-0.1, -0.05) is 19.1 Å². The quantitative estimate of drug-likeness (QED) is 0.877. The van der Waals surface area contributed by atoms with Gasteiger partial charge in [-0.25, -0.2) is 9.97 Å². The van der Waals surface area contributed by atoms with Crippen LogP contribution in [0.4, 0.5) is 0 Å². The van der Waals surface area contributed by atoms with E-state index >= 15 is 0 Å². The van der Waals surface area contributed by atoms with Gasteiger partial charge < -0.3 is 10.1 Å². The van der Waals surface area contributed by atoms with Crippen molar-refractivity contribution >= 4 is 0 Å². The van der Waals surface area contributed by atoms with Gasteiger partial charge in [-0.3, -0.25) is 0 Å². The first-order valence-corrected chi connectivity index (χ1v) is 6.99. The van der Waals surface area contributed by atoms with Gasteiger partial charge in [-0.2, -0.15) is 0 Å². The largest absolute Gasteiger partial charge is 0.494 e. The van der Waals surface area contributed by atoms with Gasteiger partial charge in [0.1, 0.15) is 11.6 Å². The lowest BCUT2D eigenvalue weighted by atomic mass is 10.1. The van der Waals surface area contributed by atoms with Gasteiger partial charge >= 0.3 is 0 Å². The van der Waals surface area contributed by atoms with Gasteiger partial charge in [0.25, 0.3) is 0 Å². The van der Waals surface area contributed by atoms with E-state index in [4.69, 9.17) is 4.74 Å². The normalized spacial score (nSPS) is 12.2. The SMILES string of the molecule is CCNC(c1ccc(OCC)cc1)c1ncc(C)cn1. The minimum Gasteiger partial charge on any atom is -0.494 e. The molecule has 1 N–H and O–H groups in total. The van der Waals surface area contributed by atoms with Crippen molar-refractivity contribution in [2.24, 2.45) is 0 Å². The zero-order valence-corrected chi connectivity index (χ0v) is 12.3. The number of nitrogens with one attached hydrogen (secondary N) is 1. The lowest BCUT2D eigenvalue weighted by molar-refractivity contribution is 0.340. The fraction of sp³-hybridized carbons (Fsp3) is 0.375. The smallest absolute Gasteiger partial charge is 0.149 e. The lowest BCUT2D eigenvalue weighted by Gasteiger charge is -2.17. The minimum absolute atomic E-state index is 0.0104. The van der Waals surface area contributed by atoms with Crippen molar-refractivity contribution in [2.45, 2.75) is 26.8 Å². The van der Waals surface area contributed by atoms with Crippen molar-refractivity contribution in [2.75, 3.05) is 13.2 Å². The van der Waals surface area contributed by atoms with E-state index in [0.717, 1.165) is 29.2 Å². The number of benzene rings is 1. The average Bonchev–Trinajstić information content (AvgIpc) is 2.47. The van der Waals surface area contributed by atoms with Crippen LogP contribution in [0.1, 0.15) is 36.8 Å². The van der Waals surface area contributed by atoms with E-state index in [2.05, 4.69) is 34.3 Å². The Morgan fingerprint density at radius 3 is 2.30 bits per heavy atom. The van der Waals surface area contributed by atoms with E-state index in [9.17, 15) is 0 Å². The van der Waals surface area contributed by atoms with Crippen LogP contribution >= 0.6 is 0 Å². The molecule has 0 aliphatic rings. The van der Waals surface area contributed by atoms with Gasteiger partial charge in [-0.05, 0) is 43.7 Å². The first-order chi connectivity index (χ1) is 9.74. The summed E-state index contributed by atoms with van der Waals surface area (Å²) in [7, 11) is 0. The molecule has 1 atom stereocenters. The summed E-state index contributed by atoms with van der Waals surface area (Å²) < 4.78 is 5.47. The molecule has 0 radical (unpaired) electrons. The van der Waals surface area contributed by atoms with E-state index in [-0.39, 0.29) is 6.04 Å². The number of aromatic nitrogens is 2. The molecular weight excluding hydrogens is 250 g/mol. The Balaban J connectivity index is 2.25. The van der Waals surface area contributed by atoms with Crippen LogP contribution in [-0.2, 0) is 0 Å². The molecule has 0 fully saturated rings. The fourth-order valence-corrected chi connectivity index (χ4v) is 2.04. The Morgan fingerprint density at radius 2 is 1.75 bits per heavy atom. The molecule has 2 rings (SSSR count). The van der Waals surface area contributed by atoms with Gasteiger partial charge in [0.15, 0.2) is 0 Å². The summed E-state index contributed by atoms with van der Waals surface area (Å²) in [5, 5.41) is 3.42. The maximum Gasteiger partial charge on any atom is 0.149 e. The van der Waals surface area contributed by atoms with Gasteiger partial charge in [0.2, 0.25) is 0 Å². The van der Waals surface area contributed by atoms with Crippen LogP contribution in [0.2, 0.25) is 0 Å². The number of nitrogens with zero attached hydrogens (tertiary/aromatic N) is 2. The number of aryl methyl sites for hydroxylation is 1. The molecule has 0 saturated heterocycles. The zero-order chi connectivity index (χ0) is 14.4. The monoisotopic (exact) mass is 271 g/mol. The first kappa shape index (κ1) is 14.5. The molecule has 0 saturated carbocycles. The highest BCUT2D eigenvalue weighted by molar-refractivity contribution is 5.32. The molecule has 0 aliphatic heterocycles. The predicted molar refractivity (Wildman–Crippen MR) is 79.9 cm³/mol. The third kappa shape index (κ3) is 3.54. The van der Waals surface area contributed by atoms with Crippen LogP contribution < -0.4 is 10.1 Å². The first-order valence-electron chi connectivity index (χ1n) is 6.99. The summed E-state index contributed by atoms with van der Waals surface area (Å²) in [5.74, 6) is 1.68. The second-order valence-electron chi connectivity index (χ2n) is 4.61. The molecule has 1 aromatic heterocycles. The van der Waals surface area contributed by atoms with Crippen molar-refractivity contribution < 1.29 is 4.74 Å². The Morgan fingerprint density at radius 1 is 1.10 bits per heavy atom. The molecule has 4 heteroatoms. The van der Waals surface area contributed by atoms with Crippen molar-refractivity contribution in [3.8, 4) is 5.75 Å². The van der Waals surface area contributed by atoms with Crippen molar-refractivity contribution in [1.29, 1.82) is 0 Å². The third-order valence-corrected chi connectivity index (χ3v) is 2.99. The Labute approximate surface area is 120 Å². The van der Waals surface area contributed by atoms with Crippen LogP contribution in [0.25, 0.3) is 0 Å². The highest BCUT2D eigenvalue weighted by Gasteiger charge is 2.15. The second kappa shape index (κ2) is 7.01. The summed E-state index contributed by atoms with van der Waals surface area (Å²) in [4.78, 5) is 8.86. The number of rotatable bonds is 6. The molecule has 20 heavy (non-hydrogen) atoms. The minimum atomic E-state index is 0.0104. The van der Waals surface area contributed by atoms with Crippen LogP contribution in [0.5, 0.6) is 5.75 Å². The Hall–Kier alpha value is -1.94. The van der Waals surface area contributed by atoms with Crippen molar-refractivity contribution in [3.05, 3.63) is 53.6 Å². The van der Waals surface area contributed by atoms with Crippen molar-refractivity contribution in [1.82, 2.24) is 15.3 Å². The highest BCUT2D eigenvalue weighted by atomic mass is 16.5. The summed E-state index contributed by atoms with van der Waals surface area (Å²) in [6, 6.07) is 8.09. The van der Waals surface area contributed by atoms with Gasteiger partial charge in [-0.15, -0.1) is 0 Å². The molecule has 0 bridgehead atoms. The number of ether oxygens (including phenoxy) is 1. The van der Waals surface area contributed by atoms with Crippen LogP contribution in [-0.4, -0.2) is 23.1 Å². The average molecular weight is 271 g/mol. The topological polar surface area (TPSA) is 47.0 Å². The number of hydrogen-bond acceptors (Lipinski definition) is 4. The predicted octanol–water partition coefficient (Wildman–Crippen LogP) is 2.88. The molecule has 1 aromatic carbocycles. The van der Waals surface area contributed by atoms with Gasteiger partial charge in [0.05, 0.1) is 12.6 Å². The second-order valence-corrected chi connectivity index (χ2v) is 4.61. The maximum absolute atomic E-state index is 5.47.